The van der Waals surface area contributed by atoms with Crippen LogP contribution in [0.15, 0.2) is 24.3 Å². The van der Waals surface area contributed by atoms with E-state index < -0.39 is 0 Å². The third-order valence-corrected chi connectivity index (χ3v) is 4.72. The Morgan fingerprint density at radius 2 is 1.63 bits per heavy atom. The Kier molecular flexibility index (Phi) is 5.45. The molecule has 1 nitrogen and oxygen atoms in total. The Hall–Kier alpha value is -0.820. The minimum atomic E-state index is 0.218. The van der Waals surface area contributed by atoms with Gasteiger partial charge in [-0.25, -0.2) is 0 Å². The van der Waals surface area contributed by atoms with Gasteiger partial charge in [0.1, 0.15) is 0 Å². The van der Waals surface area contributed by atoms with Crippen molar-refractivity contribution in [3.8, 4) is 0 Å². The molecule has 106 valence electrons. The lowest BCUT2D eigenvalue weighted by atomic mass is 9.79. The fourth-order valence-corrected chi connectivity index (χ4v) is 3.25. The first kappa shape index (κ1) is 14.6. The molecule has 0 heterocycles. The van der Waals surface area contributed by atoms with Crippen molar-refractivity contribution in [3.63, 3.8) is 0 Å². The van der Waals surface area contributed by atoms with Gasteiger partial charge < -0.3 is 5.73 Å². The highest BCUT2D eigenvalue weighted by atomic mass is 14.6. The van der Waals surface area contributed by atoms with E-state index in [1.165, 1.54) is 56.1 Å². The van der Waals surface area contributed by atoms with E-state index >= 15 is 0 Å². The van der Waals surface area contributed by atoms with Crippen molar-refractivity contribution in [3.05, 3.63) is 35.4 Å². The van der Waals surface area contributed by atoms with Crippen molar-refractivity contribution in [2.75, 3.05) is 0 Å². The lowest BCUT2D eigenvalue weighted by Crippen LogP contribution is -2.21. The molecule has 2 N–H and O–H groups in total. The Labute approximate surface area is 118 Å². The minimum absolute atomic E-state index is 0.218. The van der Waals surface area contributed by atoms with Gasteiger partial charge in [-0.15, -0.1) is 0 Å². The van der Waals surface area contributed by atoms with Crippen LogP contribution in [-0.2, 0) is 0 Å². The first-order chi connectivity index (χ1) is 9.26. The van der Waals surface area contributed by atoms with Crippen LogP contribution < -0.4 is 5.73 Å². The lowest BCUT2D eigenvalue weighted by molar-refractivity contribution is 0.368. The molecule has 0 spiro atoms. The highest BCUT2D eigenvalue weighted by Gasteiger charge is 2.21. The molecule has 1 aromatic carbocycles. The van der Waals surface area contributed by atoms with Crippen LogP contribution in [0.25, 0.3) is 0 Å². The van der Waals surface area contributed by atoms with Gasteiger partial charge in [0.15, 0.2) is 0 Å². The van der Waals surface area contributed by atoms with Crippen molar-refractivity contribution in [1.29, 1.82) is 0 Å². The van der Waals surface area contributed by atoms with Crippen molar-refractivity contribution >= 4 is 0 Å². The molecule has 1 heteroatoms. The highest BCUT2D eigenvalue weighted by molar-refractivity contribution is 5.28. The SMILES string of the molecule is CCCC(CCC)C(N)c1ccc(C2CCC2)cc1. The van der Waals surface area contributed by atoms with Crippen LogP contribution in [0, 0.1) is 5.92 Å². The Morgan fingerprint density at radius 1 is 1.05 bits per heavy atom. The number of hydrogen-bond acceptors (Lipinski definition) is 1. The van der Waals surface area contributed by atoms with Gasteiger partial charge in [0.2, 0.25) is 0 Å². The molecule has 0 amide bonds. The molecule has 0 saturated heterocycles. The van der Waals surface area contributed by atoms with Crippen molar-refractivity contribution < 1.29 is 0 Å². The van der Waals surface area contributed by atoms with E-state index in [9.17, 15) is 0 Å². The van der Waals surface area contributed by atoms with Crippen molar-refractivity contribution in [2.24, 2.45) is 11.7 Å². The van der Waals surface area contributed by atoms with Gasteiger partial charge in [-0.1, -0.05) is 57.4 Å². The quantitative estimate of drug-likeness (QED) is 0.718. The summed E-state index contributed by atoms with van der Waals surface area (Å²) in [6.45, 7) is 4.52. The summed E-state index contributed by atoms with van der Waals surface area (Å²) in [5.41, 5.74) is 9.33. The summed E-state index contributed by atoms with van der Waals surface area (Å²) in [6, 6.07) is 9.39. The summed E-state index contributed by atoms with van der Waals surface area (Å²) >= 11 is 0. The van der Waals surface area contributed by atoms with E-state index in [0.717, 1.165) is 5.92 Å². The van der Waals surface area contributed by atoms with E-state index in [-0.39, 0.29) is 6.04 Å². The molecular formula is C18H29N. The van der Waals surface area contributed by atoms with Gasteiger partial charge in [0, 0.05) is 6.04 Å². The van der Waals surface area contributed by atoms with Crippen LogP contribution in [0.4, 0.5) is 0 Å². The van der Waals surface area contributed by atoms with Crippen LogP contribution in [0.3, 0.4) is 0 Å². The van der Waals surface area contributed by atoms with Crippen LogP contribution in [0.5, 0.6) is 0 Å². The highest BCUT2D eigenvalue weighted by Crippen LogP contribution is 2.37. The summed E-state index contributed by atoms with van der Waals surface area (Å²) in [4.78, 5) is 0. The van der Waals surface area contributed by atoms with Crippen LogP contribution in [-0.4, -0.2) is 0 Å². The molecule has 0 aromatic heterocycles. The predicted octanol–water partition coefficient (Wildman–Crippen LogP) is 5.17. The molecule has 0 bridgehead atoms. The Balaban J connectivity index is 2.02. The second-order valence-electron chi connectivity index (χ2n) is 6.16. The molecule has 2 rings (SSSR count). The number of nitrogens with two attached hydrogens (primary N) is 1. The maximum absolute atomic E-state index is 6.48. The average molecular weight is 259 g/mol. The van der Waals surface area contributed by atoms with Gasteiger partial charge >= 0.3 is 0 Å². The first-order valence-corrected chi connectivity index (χ1v) is 8.11. The summed E-state index contributed by atoms with van der Waals surface area (Å²) in [7, 11) is 0. The van der Waals surface area contributed by atoms with Gasteiger partial charge in [0.05, 0.1) is 0 Å². The molecule has 1 saturated carbocycles. The molecule has 1 atom stereocenters. The molecule has 1 aromatic rings. The summed E-state index contributed by atoms with van der Waals surface area (Å²) < 4.78 is 0. The van der Waals surface area contributed by atoms with E-state index in [4.69, 9.17) is 5.73 Å². The summed E-state index contributed by atoms with van der Waals surface area (Å²) in [5.74, 6) is 1.47. The number of benzene rings is 1. The van der Waals surface area contributed by atoms with Crippen LogP contribution in [0.1, 0.15) is 81.9 Å². The molecule has 19 heavy (non-hydrogen) atoms. The number of hydrogen-bond donors (Lipinski definition) is 1. The van der Waals surface area contributed by atoms with E-state index in [0.29, 0.717) is 5.92 Å². The third-order valence-electron chi connectivity index (χ3n) is 4.72. The first-order valence-electron chi connectivity index (χ1n) is 8.11. The van der Waals surface area contributed by atoms with E-state index in [1.807, 2.05) is 0 Å². The zero-order valence-corrected chi connectivity index (χ0v) is 12.6. The molecule has 1 fully saturated rings. The van der Waals surface area contributed by atoms with Gasteiger partial charge in [0.25, 0.3) is 0 Å². The monoisotopic (exact) mass is 259 g/mol. The third kappa shape index (κ3) is 3.60. The molecular weight excluding hydrogens is 230 g/mol. The maximum Gasteiger partial charge on any atom is 0.0323 e. The predicted molar refractivity (Wildman–Crippen MR) is 83.3 cm³/mol. The van der Waals surface area contributed by atoms with Gasteiger partial charge in [-0.3, -0.25) is 0 Å². The van der Waals surface area contributed by atoms with Crippen LogP contribution >= 0.6 is 0 Å². The molecule has 0 aliphatic heterocycles. The number of rotatable bonds is 7. The minimum Gasteiger partial charge on any atom is -0.324 e. The summed E-state index contributed by atoms with van der Waals surface area (Å²) in [6.07, 6.45) is 9.12. The van der Waals surface area contributed by atoms with Crippen molar-refractivity contribution in [2.45, 2.75) is 70.8 Å². The fraction of sp³-hybridized carbons (Fsp3) is 0.667. The largest absolute Gasteiger partial charge is 0.324 e. The summed E-state index contributed by atoms with van der Waals surface area (Å²) in [5, 5.41) is 0. The second-order valence-corrected chi connectivity index (χ2v) is 6.16. The van der Waals surface area contributed by atoms with Gasteiger partial charge in [-0.05, 0) is 48.6 Å². The standard InChI is InChI=1S/C18H29N/c1-3-6-16(7-4-2)18(19)17-12-10-15(11-13-17)14-8-5-9-14/h10-14,16,18H,3-9,19H2,1-2H3. The lowest BCUT2D eigenvalue weighted by Gasteiger charge is -2.27. The molecule has 1 aliphatic carbocycles. The zero-order valence-electron chi connectivity index (χ0n) is 12.6. The van der Waals surface area contributed by atoms with Crippen LogP contribution in [0.2, 0.25) is 0 Å². The molecule has 0 radical (unpaired) electrons. The fourth-order valence-electron chi connectivity index (χ4n) is 3.25. The average Bonchev–Trinajstić information content (AvgIpc) is 2.37. The smallest absolute Gasteiger partial charge is 0.0323 e. The topological polar surface area (TPSA) is 26.0 Å². The van der Waals surface area contributed by atoms with Gasteiger partial charge in [-0.2, -0.15) is 0 Å². The zero-order chi connectivity index (χ0) is 13.7. The van der Waals surface area contributed by atoms with Crippen molar-refractivity contribution in [1.82, 2.24) is 0 Å². The van der Waals surface area contributed by atoms with E-state index in [1.54, 1.807) is 0 Å². The molecule has 1 unspecified atom stereocenters. The Morgan fingerprint density at radius 3 is 2.05 bits per heavy atom. The Bertz CT molecular complexity index is 358. The second kappa shape index (κ2) is 7.09. The maximum atomic E-state index is 6.48. The molecule has 1 aliphatic rings. The van der Waals surface area contributed by atoms with E-state index in [2.05, 4.69) is 38.1 Å². The normalized spacial score (nSPS) is 17.5.